The van der Waals surface area contributed by atoms with Crippen LogP contribution in [0.25, 0.3) is 5.65 Å². The zero-order chi connectivity index (χ0) is 19.9. The Bertz CT molecular complexity index is 916. The first-order chi connectivity index (χ1) is 13.6. The number of rotatable bonds is 7. The molecule has 2 aromatic heterocycles. The van der Waals surface area contributed by atoms with E-state index in [2.05, 4.69) is 58.7 Å². The third-order valence-electron chi connectivity index (χ3n) is 4.34. The number of pyridine rings is 1. The first-order valence-corrected chi connectivity index (χ1v) is 9.55. The van der Waals surface area contributed by atoms with Gasteiger partial charge in [0, 0.05) is 13.2 Å². The monoisotopic (exact) mass is 380 g/mol. The fraction of sp³-hybridized carbons (Fsp3) is 0.381. The number of nitrogens with one attached hydrogen (secondary N) is 2. The van der Waals surface area contributed by atoms with Crippen LogP contribution >= 0.6 is 0 Å². The highest BCUT2D eigenvalue weighted by Crippen LogP contribution is 2.18. The van der Waals surface area contributed by atoms with E-state index in [4.69, 9.17) is 4.74 Å². The molecule has 0 aliphatic carbocycles. The average Bonchev–Trinajstić information content (AvgIpc) is 3.13. The molecule has 1 unspecified atom stereocenters. The van der Waals surface area contributed by atoms with Crippen molar-refractivity contribution in [2.45, 2.75) is 33.4 Å². The van der Waals surface area contributed by atoms with Crippen LogP contribution in [-0.2, 0) is 6.54 Å². The maximum absolute atomic E-state index is 5.75. The topological polar surface area (TPSA) is 75.8 Å². The molecule has 2 heterocycles. The Morgan fingerprint density at radius 1 is 1.11 bits per heavy atom. The lowest BCUT2D eigenvalue weighted by Crippen LogP contribution is -2.38. The number of benzene rings is 1. The molecular weight excluding hydrogens is 352 g/mol. The third-order valence-corrected chi connectivity index (χ3v) is 4.34. The van der Waals surface area contributed by atoms with Crippen molar-refractivity contribution in [3.8, 4) is 5.75 Å². The molecule has 0 saturated carbocycles. The van der Waals surface area contributed by atoms with Gasteiger partial charge in [0.2, 0.25) is 0 Å². The van der Waals surface area contributed by atoms with Crippen LogP contribution in [0.4, 0.5) is 0 Å². The third kappa shape index (κ3) is 5.00. The molecule has 0 spiro atoms. The van der Waals surface area contributed by atoms with E-state index in [0.717, 1.165) is 29.4 Å². The molecule has 7 nitrogen and oxygen atoms in total. The lowest BCUT2D eigenvalue weighted by atomic mass is 10.1. The van der Waals surface area contributed by atoms with E-state index in [1.165, 1.54) is 0 Å². The molecule has 148 valence electrons. The van der Waals surface area contributed by atoms with Gasteiger partial charge in [-0.1, -0.05) is 32.0 Å². The van der Waals surface area contributed by atoms with Crippen molar-refractivity contribution in [3.63, 3.8) is 0 Å². The fourth-order valence-corrected chi connectivity index (χ4v) is 2.77. The minimum Gasteiger partial charge on any atom is -0.493 e. The number of hydrogen-bond donors (Lipinski definition) is 2. The molecule has 1 aromatic carbocycles. The first-order valence-electron chi connectivity index (χ1n) is 9.55. The highest BCUT2D eigenvalue weighted by molar-refractivity contribution is 5.80. The Morgan fingerprint density at radius 3 is 2.61 bits per heavy atom. The minimum atomic E-state index is 0.0977. The van der Waals surface area contributed by atoms with E-state index in [9.17, 15) is 0 Å². The summed E-state index contributed by atoms with van der Waals surface area (Å²) in [7, 11) is 1.76. The Hall–Kier alpha value is -3.09. The van der Waals surface area contributed by atoms with E-state index in [-0.39, 0.29) is 6.04 Å². The van der Waals surface area contributed by atoms with Crippen molar-refractivity contribution in [1.29, 1.82) is 0 Å². The second-order valence-corrected chi connectivity index (χ2v) is 7.11. The van der Waals surface area contributed by atoms with E-state index >= 15 is 0 Å². The predicted molar refractivity (Wildman–Crippen MR) is 112 cm³/mol. The normalized spacial score (nSPS) is 13.0. The average molecular weight is 380 g/mol. The standard InChI is InChI=1S/C21H28N6O/c1-15(2)14-28-18-10-8-17(9-11-18)16(3)24-21(22-4)23-13-20-26-25-19-7-5-6-12-27(19)20/h5-12,15-16H,13-14H2,1-4H3,(H2,22,23,24). The zero-order valence-electron chi connectivity index (χ0n) is 16.9. The van der Waals surface area contributed by atoms with Crippen LogP contribution in [0.3, 0.4) is 0 Å². The summed E-state index contributed by atoms with van der Waals surface area (Å²) in [5.41, 5.74) is 1.99. The predicted octanol–water partition coefficient (Wildman–Crippen LogP) is 3.19. The molecule has 7 heteroatoms. The minimum absolute atomic E-state index is 0.0977. The van der Waals surface area contributed by atoms with E-state index < -0.39 is 0 Å². The van der Waals surface area contributed by atoms with Gasteiger partial charge in [-0.25, -0.2) is 0 Å². The number of aliphatic imine (C=N–C) groups is 1. The summed E-state index contributed by atoms with van der Waals surface area (Å²) < 4.78 is 7.71. The van der Waals surface area contributed by atoms with E-state index in [1.807, 2.05) is 40.9 Å². The largest absolute Gasteiger partial charge is 0.493 e. The van der Waals surface area contributed by atoms with Gasteiger partial charge in [0.25, 0.3) is 0 Å². The summed E-state index contributed by atoms with van der Waals surface area (Å²) in [5.74, 6) is 2.95. The Kier molecular flexibility index (Phi) is 6.47. The maximum atomic E-state index is 5.75. The van der Waals surface area contributed by atoms with Gasteiger partial charge in [0.15, 0.2) is 17.4 Å². The van der Waals surface area contributed by atoms with Gasteiger partial charge in [0.05, 0.1) is 19.2 Å². The molecule has 0 saturated heterocycles. The van der Waals surface area contributed by atoms with Gasteiger partial charge in [0.1, 0.15) is 5.75 Å². The van der Waals surface area contributed by atoms with Gasteiger partial charge >= 0.3 is 0 Å². The van der Waals surface area contributed by atoms with Gasteiger partial charge in [-0.15, -0.1) is 10.2 Å². The van der Waals surface area contributed by atoms with Gasteiger partial charge in [-0.05, 0) is 42.7 Å². The molecule has 0 radical (unpaired) electrons. The molecule has 0 fully saturated rings. The molecule has 0 amide bonds. The molecule has 28 heavy (non-hydrogen) atoms. The summed E-state index contributed by atoms with van der Waals surface area (Å²) in [5, 5.41) is 15.1. The number of ether oxygens (including phenoxy) is 1. The second-order valence-electron chi connectivity index (χ2n) is 7.11. The number of fused-ring (bicyclic) bond motifs is 1. The lowest BCUT2D eigenvalue weighted by Gasteiger charge is -2.18. The molecule has 0 aliphatic rings. The quantitative estimate of drug-likeness (QED) is 0.486. The van der Waals surface area contributed by atoms with Crippen LogP contribution in [-0.4, -0.2) is 34.2 Å². The maximum Gasteiger partial charge on any atom is 0.191 e. The fourth-order valence-electron chi connectivity index (χ4n) is 2.77. The molecule has 3 aromatic rings. The SMILES string of the molecule is CN=C(NCc1nnc2ccccn12)NC(C)c1ccc(OCC(C)C)cc1. The van der Waals surface area contributed by atoms with Gasteiger partial charge < -0.3 is 15.4 Å². The molecule has 3 rings (SSSR count). The Labute approximate surface area is 165 Å². The van der Waals surface area contributed by atoms with Crippen molar-refractivity contribution in [3.05, 3.63) is 60.0 Å². The summed E-state index contributed by atoms with van der Waals surface area (Å²) in [6.07, 6.45) is 1.95. The first kappa shape index (κ1) is 19.7. The lowest BCUT2D eigenvalue weighted by molar-refractivity contribution is 0.271. The van der Waals surface area contributed by atoms with Gasteiger partial charge in [-0.2, -0.15) is 0 Å². The van der Waals surface area contributed by atoms with E-state index in [0.29, 0.717) is 18.4 Å². The summed E-state index contributed by atoms with van der Waals surface area (Å²) in [6, 6.07) is 14.1. The number of hydrogen-bond acceptors (Lipinski definition) is 4. The molecule has 0 aliphatic heterocycles. The van der Waals surface area contributed by atoms with Crippen LogP contribution in [0, 0.1) is 5.92 Å². The summed E-state index contributed by atoms with van der Waals surface area (Å²) in [4.78, 5) is 4.31. The van der Waals surface area contributed by atoms with Crippen LogP contribution < -0.4 is 15.4 Å². The Balaban J connectivity index is 1.56. The van der Waals surface area contributed by atoms with Gasteiger partial charge in [-0.3, -0.25) is 9.39 Å². The number of nitrogens with zero attached hydrogens (tertiary/aromatic N) is 4. The molecule has 0 bridgehead atoms. The van der Waals surface area contributed by atoms with Crippen molar-refractivity contribution in [2.75, 3.05) is 13.7 Å². The van der Waals surface area contributed by atoms with Crippen LogP contribution in [0.5, 0.6) is 5.75 Å². The highest BCUT2D eigenvalue weighted by Gasteiger charge is 2.10. The summed E-state index contributed by atoms with van der Waals surface area (Å²) in [6.45, 7) is 7.63. The number of guanidine groups is 1. The highest BCUT2D eigenvalue weighted by atomic mass is 16.5. The molecular formula is C21H28N6O. The smallest absolute Gasteiger partial charge is 0.191 e. The van der Waals surface area contributed by atoms with Crippen LogP contribution in [0.15, 0.2) is 53.7 Å². The van der Waals surface area contributed by atoms with E-state index in [1.54, 1.807) is 7.05 Å². The zero-order valence-corrected chi connectivity index (χ0v) is 16.9. The summed E-state index contributed by atoms with van der Waals surface area (Å²) >= 11 is 0. The molecule has 1 atom stereocenters. The van der Waals surface area contributed by atoms with Crippen LogP contribution in [0.2, 0.25) is 0 Å². The molecule has 2 N–H and O–H groups in total. The van der Waals surface area contributed by atoms with Crippen molar-refractivity contribution in [1.82, 2.24) is 25.2 Å². The van der Waals surface area contributed by atoms with Crippen molar-refractivity contribution >= 4 is 11.6 Å². The Morgan fingerprint density at radius 2 is 1.89 bits per heavy atom. The van der Waals surface area contributed by atoms with Crippen molar-refractivity contribution < 1.29 is 4.74 Å². The second kappa shape index (κ2) is 9.21. The number of aromatic nitrogens is 3. The van der Waals surface area contributed by atoms with Crippen molar-refractivity contribution in [2.24, 2.45) is 10.9 Å². The van der Waals surface area contributed by atoms with Crippen LogP contribution in [0.1, 0.15) is 38.2 Å².